The van der Waals surface area contributed by atoms with Gasteiger partial charge in [-0.1, -0.05) is 18.7 Å². The zero-order valence-corrected chi connectivity index (χ0v) is 12.8. The lowest BCUT2D eigenvalue weighted by Gasteiger charge is -2.07. The number of imidazole rings is 1. The van der Waals surface area contributed by atoms with Crippen LogP contribution in [0.3, 0.4) is 0 Å². The summed E-state index contributed by atoms with van der Waals surface area (Å²) in [5, 5.41) is 13.8. The summed E-state index contributed by atoms with van der Waals surface area (Å²) in [4.78, 5) is 15.0. The van der Waals surface area contributed by atoms with E-state index in [1.54, 1.807) is 24.2 Å². The van der Waals surface area contributed by atoms with Gasteiger partial charge in [-0.3, -0.25) is 14.0 Å². The molecule has 0 radical (unpaired) electrons. The second-order valence-electron chi connectivity index (χ2n) is 4.36. The van der Waals surface area contributed by atoms with Crippen LogP contribution in [0, 0.1) is 0 Å². The summed E-state index contributed by atoms with van der Waals surface area (Å²) < 4.78 is 8.77. The van der Waals surface area contributed by atoms with E-state index in [4.69, 9.17) is 9.84 Å². The smallest absolute Gasteiger partial charge is 0.313 e. The van der Waals surface area contributed by atoms with Crippen LogP contribution >= 0.6 is 11.8 Å². The van der Waals surface area contributed by atoms with Crippen LogP contribution in [-0.2, 0) is 22.5 Å². The van der Waals surface area contributed by atoms with Gasteiger partial charge in [0, 0.05) is 25.2 Å². The molecule has 0 aliphatic heterocycles. The standard InChI is InChI=1S/C13H18N4O3S/c1-3-10-6-14-13(21-9-12(18)19)17(10)11-7-15-16(8-11)4-5-20-2/h6-8H,3-5,9H2,1-2H3,(H,18,19). The van der Waals surface area contributed by atoms with Crippen molar-refractivity contribution in [2.24, 2.45) is 0 Å². The van der Waals surface area contributed by atoms with Crippen LogP contribution in [0.4, 0.5) is 0 Å². The number of hydrogen-bond acceptors (Lipinski definition) is 5. The quantitative estimate of drug-likeness (QED) is 0.743. The van der Waals surface area contributed by atoms with Gasteiger partial charge in [0.2, 0.25) is 0 Å². The zero-order valence-electron chi connectivity index (χ0n) is 12.0. The lowest BCUT2D eigenvalue weighted by Crippen LogP contribution is -2.05. The number of nitrogens with zero attached hydrogens (tertiary/aromatic N) is 4. The molecular weight excluding hydrogens is 292 g/mol. The fourth-order valence-electron chi connectivity index (χ4n) is 1.90. The number of aliphatic carboxylic acids is 1. The summed E-state index contributed by atoms with van der Waals surface area (Å²) in [5.41, 5.74) is 1.91. The number of methoxy groups -OCH3 is 1. The average molecular weight is 310 g/mol. The number of aryl methyl sites for hydroxylation is 1. The molecule has 0 aromatic carbocycles. The molecule has 0 saturated heterocycles. The Morgan fingerprint density at radius 3 is 2.95 bits per heavy atom. The third-order valence-electron chi connectivity index (χ3n) is 2.89. The Hall–Kier alpha value is -1.80. The number of carbonyl (C=O) groups is 1. The molecule has 2 aromatic heterocycles. The minimum atomic E-state index is -0.858. The fourth-order valence-corrected chi connectivity index (χ4v) is 2.63. The highest BCUT2D eigenvalue weighted by atomic mass is 32.2. The Balaban J connectivity index is 2.25. The fraction of sp³-hybridized carbons (Fsp3) is 0.462. The maximum absolute atomic E-state index is 10.7. The van der Waals surface area contributed by atoms with E-state index in [1.165, 1.54) is 11.8 Å². The first kappa shape index (κ1) is 15.6. The molecule has 0 saturated carbocycles. The van der Waals surface area contributed by atoms with E-state index in [2.05, 4.69) is 10.1 Å². The van der Waals surface area contributed by atoms with E-state index >= 15 is 0 Å². The summed E-state index contributed by atoms with van der Waals surface area (Å²) in [6.45, 7) is 3.30. The van der Waals surface area contributed by atoms with Crippen LogP contribution in [0.2, 0.25) is 0 Å². The number of hydrogen-bond donors (Lipinski definition) is 1. The van der Waals surface area contributed by atoms with Crippen LogP contribution in [0.5, 0.6) is 0 Å². The molecule has 21 heavy (non-hydrogen) atoms. The highest BCUT2D eigenvalue weighted by Gasteiger charge is 2.14. The minimum Gasteiger partial charge on any atom is -0.481 e. The van der Waals surface area contributed by atoms with E-state index < -0.39 is 5.97 Å². The molecule has 0 amide bonds. The van der Waals surface area contributed by atoms with E-state index in [0.717, 1.165) is 17.8 Å². The van der Waals surface area contributed by atoms with Gasteiger partial charge in [-0.05, 0) is 6.42 Å². The SMILES string of the molecule is CCc1cnc(SCC(=O)O)n1-c1cnn(CCOC)c1. The first-order chi connectivity index (χ1) is 10.2. The Kier molecular flexibility index (Phi) is 5.40. The predicted octanol–water partition coefficient (Wildman–Crippen LogP) is 1.45. The molecule has 114 valence electrons. The van der Waals surface area contributed by atoms with Crippen LogP contribution in [0.15, 0.2) is 23.7 Å². The minimum absolute atomic E-state index is 0.0159. The zero-order chi connectivity index (χ0) is 15.2. The molecule has 0 aliphatic carbocycles. The van der Waals surface area contributed by atoms with E-state index in [1.807, 2.05) is 17.7 Å². The molecule has 0 unspecified atom stereocenters. The average Bonchev–Trinajstić information content (AvgIpc) is 3.08. The van der Waals surface area contributed by atoms with Gasteiger partial charge in [-0.25, -0.2) is 4.98 Å². The summed E-state index contributed by atoms with van der Waals surface area (Å²) in [7, 11) is 1.65. The predicted molar refractivity (Wildman–Crippen MR) is 79.0 cm³/mol. The van der Waals surface area contributed by atoms with Gasteiger partial charge < -0.3 is 9.84 Å². The molecule has 0 atom stereocenters. The van der Waals surface area contributed by atoms with Crippen molar-refractivity contribution in [3.05, 3.63) is 24.3 Å². The van der Waals surface area contributed by atoms with E-state index in [9.17, 15) is 4.79 Å². The molecule has 7 nitrogen and oxygen atoms in total. The van der Waals surface area contributed by atoms with Crippen molar-refractivity contribution in [1.82, 2.24) is 19.3 Å². The number of rotatable bonds is 8. The van der Waals surface area contributed by atoms with E-state index in [-0.39, 0.29) is 5.75 Å². The third-order valence-corrected chi connectivity index (χ3v) is 3.83. The molecule has 0 bridgehead atoms. The van der Waals surface area contributed by atoms with Crippen LogP contribution in [-0.4, -0.2) is 49.9 Å². The van der Waals surface area contributed by atoms with Crippen molar-refractivity contribution in [2.45, 2.75) is 25.0 Å². The maximum Gasteiger partial charge on any atom is 0.313 e. The number of thioether (sulfide) groups is 1. The van der Waals surface area contributed by atoms with Crippen molar-refractivity contribution in [2.75, 3.05) is 19.5 Å². The van der Waals surface area contributed by atoms with Gasteiger partial charge in [-0.15, -0.1) is 0 Å². The van der Waals surface area contributed by atoms with Crippen molar-refractivity contribution in [1.29, 1.82) is 0 Å². The molecular formula is C13H18N4O3S. The summed E-state index contributed by atoms with van der Waals surface area (Å²) >= 11 is 1.20. The van der Waals surface area contributed by atoms with Gasteiger partial charge in [0.25, 0.3) is 0 Å². The van der Waals surface area contributed by atoms with Crippen LogP contribution in [0.1, 0.15) is 12.6 Å². The summed E-state index contributed by atoms with van der Waals surface area (Å²) in [6, 6.07) is 0. The van der Waals surface area contributed by atoms with Crippen LogP contribution < -0.4 is 0 Å². The molecule has 2 rings (SSSR count). The van der Waals surface area contributed by atoms with Gasteiger partial charge in [0.1, 0.15) is 0 Å². The normalized spacial score (nSPS) is 11.0. The molecule has 8 heteroatoms. The Labute approximate surface area is 126 Å². The van der Waals surface area contributed by atoms with Crippen molar-refractivity contribution in [3.63, 3.8) is 0 Å². The second kappa shape index (κ2) is 7.28. The highest BCUT2D eigenvalue weighted by Crippen LogP contribution is 2.23. The monoisotopic (exact) mass is 310 g/mol. The summed E-state index contributed by atoms with van der Waals surface area (Å²) in [5.74, 6) is -0.874. The molecule has 2 heterocycles. The van der Waals surface area contributed by atoms with Crippen molar-refractivity contribution in [3.8, 4) is 5.69 Å². The van der Waals surface area contributed by atoms with Gasteiger partial charge in [-0.2, -0.15) is 5.10 Å². The Morgan fingerprint density at radius 2 is 2.29 bits per heavy atom. The number of ether oxygens (including phenoxy) is 1. The lowest BCUT2D eigenvalue weighted by atomic mass is 10.3. The maximum atomic E-state index is 10.7. The molecule has 0 aliphatic rings. The number of aromatic nitrogens is 4. The molecule has 1 N–H and O–H groups in total. The lowest BCUT2D eigenvalue weighted by molar-refractivity contribution is -0.133. The Bertz CT molecular complexity index is 608. The first-order valence-electron chi connectivity index (χ1n) is 6.58. The van der Waals surface area contributed by atoms with Crippen molar-refractivity contribution < 1.29 is 14.6 Å². The van der Waals surface area contributed by atoms with E-state index in [0.29, 0.717) is 18.3 Å². The van der Waals surface area contributed by atoms with Gasteiger partial charge >= 0.3 is 5.97 Å². The summed E-state index contributed by atoms with van der Waals surface area (Å²) in [6.07, 6.45) is 6.24. The Morgan fingerprint density at radius 1 is 1.48 bits per heavy atom. The molecule has 0 fully saturated rings. The van der Waals surface area contributed by atoms with Crippen LogP contribution in [0.25, 0.3) is 5.69 Å². The van der Waals surface area contributed by atoms with Crippen molar-refractivity contribution >= 4 is 17.7 Å². The second-order valence-corrected chi connectivity index (χ2v) is 5.30. The van der Waals surface area contributed by atoms with Gasteiger partial charge in [0.15, 0.2) is 5.16 Å². The van der Waals surface area contributed by atoms with Gasteiger partial charge in [0.05, 0.1) is 30.8 Å². The topological polar surface area (TPSA) is 82.2 Å². The number of carboxylic acids is 1. The largest absolute Gasteiger partial charge is 0.481 e. The molecule has 0 spiro atoms. The molecule has 2 aromatic rings. The first-order valence-corrected chi connectivity index (χ1v) is 7.57. The third kappa shape index (κ3) is 3.85. The highest BCUT2D eigenvalue weighted by molar-refractivity contribution is 7.99. The number of carboxylic acid groups (broad SMARTS) is 1.